The molecule has 0 atom stereocenters. The van der Waals surface area contributed by atoms with Gasteiger partial charge >= 0.3 is 0 Å². The monoisotopic (exact) mass is 360 g/mol. The Balaban J connectivity index is 1.52. The molecule has 0 aliphatic carbocycles. The fourth-order valence-electron chi connectivity index (χ4n) is 3.30. The van der Waals surface area contributed by atoms with Crippen molar-refractivity contribution in [2.24, 2.45) is 0 Å². The molecule has 3 rings (SSSR count). The Kier molecular flexibility index (Phi) is 5.29. The molecule has 1 aliphatic rings. The minimum atomic E-state index is 1.14. The molecule has 116 valence electrons. The lowest BCUT2D eigenvalue weighted by Crippen LogP contribution is -3.27. The van der Waals surface area contributed by atoms with Gasteiger partial charge in [-0.3, -0.25) is 0 Å². The van der Waals surface area contributed by atoms with Gasteiger partial charge in [0.15, 0.2) is 0 Å². The van der Waals surface area contributed by atoms with Gasteiger partial charge in [-0.25, -0.2) is 0 Å². The highest BCUT2D eigenvalue weighted by atomic mass is 79.9. The van der Waals surface area contributed by atoms with E-state index in [1.54, 1.807) is 9.80 Å². The van der Waals surface area contributed by atoms with Crippen LogP contribution >= 0.6 is 15.9 Å². The van der Waals surface area contributed by atoms with Crippen LogP contribution in [0, 0.1) is 6.92 Å². The standard InChI is InChI=1S/C19H23BrN2/c1-16-6-2-3-7-17(16)14-21-10-12-22(13-11-21)15-18-8-4-5-9-19(18)20/h2-9H,10-15H2,1H3/p+2. The Labute approximate surface area is 141 Å². The van der Waals surface area contributed by atoms with E-state index in [1.165, 1.54) is 53.9 Å². The highest BCUT2D eigenvalue weighted by Gasteiger charge is 2.23. The predicted molar refractivity (Wildman–Crippen MR) is 94.1 cm³/mol. The van der Waals surface area contributed by atoms with Crippen molar-refractivity contribution in [1.82, 2.24) is 0 Å². The first-order chi connectivity index (χ1) is 10.7. The maximum atomic E-state index is 3.67. The van der Waals surface area contributed by atoms with Crippen molar-refractivity contribution >= 4 is 15.9 Å². The molecule has 1 fully saturated rings. The number of halogens is 1. The van der Waals surface area contributed by atoms with Gasteiger partial charge in [-0.05, 0) is 18.6 Å². The van der Waals surface area contributed by atoms with E-state index in [0.717, 1.165) is 6.54 Å². The van der Waals surface area contributed by atoms with Gasteiger partial charge < -0.3 is 9.80 Å². The van der Waals surface area contributed by atoms with Crippen LogP contribution in [-0.2, 0) is 13.1 Å². The van der Waals surface area contributed by atoms with Crippen LogP contribution < -0.4 is 9.80 Å². The Bertz CT molecular complexity index is 563. The SMILES string of the molecule is Cc1ccccc1C[NH+]1CC[NH+](Cc2ccccc2Br)CC1. The lowest BCUT2D eigenvalue weighted by molar-refractivity contribution is -1.02. The van der Waals surface area contributed by atoms with E-state index in [4.69, 9.17) is 0 Å². The summed E-state index contributed by atoms with van der Waals surface area (Å²) in [5.41, 5.74) is 4.37. The molecule has 0 amide bonds. The molecule has 2 N–H and O–H groups in total. The lowest BCUT2D eigenvalue weighted by Gasteiger charge is -2.30. The molecular formula is C19H25BrN2+2. The van der Waals surface area contributed by atoms with Crippen LogP contribution in [-0.4, -0.2) is 26.2 Å². The molecule has 0 aromatic heterocycles. The van der Waals surface area contributed by atoms with Gasteiger partial charge in [0.1, 0.15) is 39.3 Å². The second-order valence-corrected chi connectivity index (χ2v) is 7.23. The average Bonchev–Trinajstić information content (AvgIpc) is 2.54. The Hall–Kier alpha value is -1.16. The molecule has 1 saturated heterocycles. The summed E-state index contributed by atoms with van der Waals surface area (Å²) < 4.78 is 1.25. The molecule has 0 spiro atoms. The van der Waals surface area contributed by atoms with Gasteiger partial charge in [0.25, 0.3) is 0 Å². The maximum Gasteiger partial charge on any atom is 0.127 e. The summed E-state index contributed by atoms with van der Waals surface area (Å²) in [5.74, 6) is 0. The fourth-order valence-corrected chi connectivity index (χ4v) is 3.72. The summed E-state index contributed by atoms with van der Waals surface area (Å²) in [7, 11) is 0. The van der Waals surface area contributed by atoms with E-state index in [2.05, 4.69) is 71.4 Å². The van der Waals surface area contributed by atoms with Gasteiger partial charge in [0.05, 0.1) is 0 Å². The molecule has 0 saturated carbocycles. The lowest BCUT2D eigenvalue weighted by atomic mass is 10.1. The number of hydrogen-bond donors (Lipinski definition) is 2. The average molecular weight is 361 g/mol. The first-order valence-corrected chi connectivity index (χ1v) is 8.97. The van der Waals surface area contributed by atoms with Gasteiger partial charge in [-0.2, -0.15) is 0 Å². The van der Waals surface area contributed by atoms with E-state index >= 15 is 0 Å². The van der Waals surface area contributed by atoms with Crippen molar-refractivity contribution in [3.8, 4) is 0 Å². The topological polar surface area (TPSA) is 8.88 Å². The summed E-state index contributed by atoms with van der Waals surface area (Å²) in [6.07, 6.45) is 0. The molecular weight excluding hydrogens is 336 g/mol. The zero-order valence-corrected chi connectivity index (χ0v) is 14.8. The Morgan fingerprint density at radius 2 is 1.27 bits per heavy atom. The van der Waals surface area contributed by atoms with E-state index < -0.39 is 0 Å². The smallest absolute Gasteiger partial charge is 0.127 e. The normalized spacial score (nSPS) is 21.7. The Morgan fingerprint density at radius 1 is 0.773 bits per heavy atom. The number of aryl methyl sites for hydroxylation is 1. The van der Waals surface area contributed by atoms with Crippen molar-refractivity contribution in [3.63, 3.8) is 0 Å². The van der Waals surface area contributed by atoms with Crippen LogP contribution in [0.1, 0.15) is 16.7 Å². The fraction of sp³-hybridized carbons (Fsp3) is 0.368. The quantitative estimate of drug-likeness (QED) is 0.811. The van der Waals surface area contributed by atoms with Crippen molar-refractivity contribution < 1.29 is 9.80 Å². The zero-order chi connectivity index (χ0) is 15.4. The third kappa shape index (κ3) is 3.97. The van der Waals surface area contributed by atoms with E-state index in [-0.39, 0.29) is 0 Å². The van der Waals surface area contributed by atoms with Crippen molar-refractivity contribution in [2.75, 3.05) is 26.2 Å². The van der Waals surface area contributed by atoms with Crippen molar-refractivity contribution in [2.45, 2.75) is 20.0 Å². The van der Waals surface area contributed by atoms with Crippen LogP contribution in [0.25, 0.3) is 0 Å². The number of rotatable bonds is 4. The summed E-state index contributed by atoms with van der Waals surface area (Å²) in [4.78, 5) is 3.44. The number of piperazine rings is 1. The minimum Gasteiger partial charge on any atom is -0.322 e. The molecule has 2 aromatic rings. The number of hydrogen-bond acceptors (Lipinski definition) is 0. The molecule has 0 bridgehead atoms. The predicted octanol–water partition coefficient (Wildman–Crippen LogP) is 1.24. The largest absolute Gasteiger partial charge is 0.322 e. The molecule has 1 aliphatic heterocycles. The highest BCUT2D eigenvalue weighted by Crippen LogP contribution is 2.14. The molecule has 22 heavy (non-hydrogen) atoms. The summed E-state index contributed by atoms with van der Waals surface area (Å²) in [6.45, 7) is 9.62. The number of benzene rings is 2. The van der Waals surface area contributed by atoms with Crippen LogP contribution in [0.3, 0.4) is 0 Å². The van der Waals surface area contributed by atoms with Crippen LogP contribution in [0.4, 0.5) is 0 Å². The molecule has 0 radical (unpaired) electrons. The molecule has 0 unspecified atom stereocenters. The van der Waals surface area contributed by atoms with Crippen LogP contribution in [0.2, 0.25) is 0 Å². The van der Waals surface area contributed by atoms with E-state index in [1.807, 2.05) is 0 Å². The Morgan fingerprint density at radius 3 is 1.86 bits per heavy atom. The third-order valence-corrected chi connectivity index (χ3v) is 5.54. The highest BCUT2D eigenvalue weighted by molar-refractivity contribution is 9.10. The number of nitrogens with one attached hydrogen (secondary N) is 2. The first-order valence-electron chi connectivity index (χ1n) is 8.17. The molecule has 1 heterocycles. The first kappa shape index (κ1) is 15.7. The molecule has 2 nitrogen and oxygen atoms in total. The minimum absolute atomic E-state index is 1.14. The van der Waals surface area contributed by atoms with Crippen LogP contribution in [0.15, 0.2) is 53.0 Å². The summed E-state index contributed by atoms with van der Waals surface area (Å²) >= 11 is 3.67. The molecule has 2 aromatic carbocycles. The van der Waals surface area contributed by atoms with E-state index in [9.17, 15) is 0 Å². The second kappa shape index (κ2) is 7.40. The van der Waals surface area contributed by atoms with Crippen molar-refractivity contribution in [1.29, 1.82) is 0 Å². The number of quaternary nitrogens is 2. The second-order valence-electron chi connectivity index (χ2n) is 6.37. The summed E-state index contributed by atoms with van der Waals surface area (Å²) in [5, 5.41) is 0. The van der Waals surface area contributed by atoms with E-state index in [0.29, 0.717) is 0 Å². The van der Waals surface area contributed by atoms with Gasteiger partial charge in [-0.15, -0.1) is 0 Å². The van der Waals surface area contributed by atoms with Gasteiger partial charge in [-0.1, -0.05) is 58.4 Å². The molecule has 3 heteroatoms. The van der Waals surface area contributed by atoms with Crippen molar-refractivity contribution in [3.05, 3.63) is 69.7 Å². The van der Waals surface area contributed by atoms with Gasteiger partial charge in [0.2, 0.25) is 0 Å². The van der Waals surface area contributed by atoms with Gasteiger partial charge in [0, 0.05) is 15.6 Å². The van der Waals surface area contributed by atoms with Crippen LogP contribution in [0.5, 0.6) is 0 Å². The summed E-state index contributed by atoms with van der Waals surface area (Å²) in [6, 6.07) is 17.4. The maximum absolute atomic E-state index is 3.67. The zero-order valence-electron chi connectivity index (χ0n) is 13.2. The third-order valence-electron chi connectivity index (χ3n) is 4.76.